The molecule has 45 heteroatoms. The number of hydrogen-bond donors (Lipinski definition) is 22. The van der Waals surface area contributed by atoms with E-state index < -0.39 is 284 Å². The molecule has 1 heterocycles. The van der Waals surface area contributed by atoms with Crippen LogP contribution < -0.4 is 108 Å². The summed E-state index contributed by atoms with van der Waals surface area (Å²) in [5.41, 5.74) is 32.5. The van der Waals surface area contributed by atoms with E-state index in [2.05, 4.69) is 74.4 Å². The summed E-state index contributed by atoms with van der Waals surface area (Å²) in [5.74, 6) is -24.4. The molecule has 1 saturated carbocycles. The fraction of sp³-hybridized carbons (Fsp3) is 0.515. The number of nitrogens with one attached hydrogen (secondary N) is 14. The third kappa shape index (κ3) is 40.4. The summed E-state index contributed by atoms with van der Waals surface area (Å²) in [7, 11) is 1.20. The van der Waals surface area contributed by atoms with Crippen LogP contribution in [0.1, 0.15) is 183 Å². The predicted octanol–water partition coefficient (Wildman–Crippen LogP) is -0.144. The lowest BCUT2D eigenvalue weighted by Gasteiger charge is -2.32. The molecule has 0 unspecified atom stereocenters. The first-order chi connectivity index (χ1) is 70.2. The van der Waals surface area contributed by atoms with E-state index in [1.807, 2.05) is 30.3 Å². The zero-order chi connectivity index (χ0) is 109. The quantitative estimate of drug-likeness (QED) is 0.0251. The Morgan fingerprint density at radius 2 is 0.919 bits per heavy atom. The maximum atomic E-state index is 15.8. The number of ether oxygens (including phenoxy) is 1. The van der Waals surface area contributed by atoms with Crippen molar-refractivity contribution in [3.05, 3.63) is 161 Å². The number of aliphatic carboxylic acids is 2. The Morgan fingerprint density at radius 3 is 1.42 bits per heavy atom. The number of aromatic carboxylic acids is 1. The first-order valence-electron chi connectivity index (χ1n) is 49.7. The van der Waals surface area contributed by atoms with Crippen LogP contribution in [0.2, 0.25) is 0 Å². The normalized spacial score (nSPS) is 23.0. The summed E-state index contributed by atoms with van der Waals surface area (Å²) in [6, 6.07) is 8.41. The molecule has 5 aromatic rings. The summed E-state index contributed by atoms with van der Waals surface area (Å²) in [6.45, 7) is 11.9. The van der Waals surface area contributed by atoms with Gasteiger partial charge in [-0.3, -0.25) is 86.3 Å². The second-order valence-electron chi connectivity index (χ2n) is 38.5. The number of carboxylic acid groups (broad SMARTS) is 3. The van der Waals surface area contributed by atoms with Gasteiger partial charge in [0, 0.05) is 44.9 Å². The van der Waals surface area contributed by atoms with Crippen LogP contribution in [0.5, 0.6) is 5.75 Å². The Morgan fingerprint density at radius 1 is 0.459 bits per heavy atom. The predicted molar refractivity (Wildman–Crippen MR) is 548 cm³/mol. The van der Waals surface area contributed by atoms with Gasteiger partial charge in [0.2, 0.25) is 100 Å². The third-order valence-electron chi connectivity index (χ3n) is 25.1. The molecule has 2 fully saturated rings. The van der Waals surface area contributed by atoms with Crippen LogP contribution in [-0.2, 0) is 117 Å². The average molecular weight is 2080 g/mol. The highest BCUT2D eigenvalue weighted by molar-refractivity contribution is 8.00. The van der Waals surface area contributed by atoms with Crippen molar-refractivity contribution in [1.82, 2.24) is 79.3 Å². The van der Waals surface area contributed by atoms with Crippen LogP contribution in [0.4, 0.5) is 0 Å². The molecular weight excluding hydrogens is 1930 g/mol. The van der Waals surface area contributed by atoms with Crippen molar-refractivity contribution in [2.24, 2.45) is 52.3 Å². The number of carbonyl (C=O) groups excluding carboxylic acids is 17. The van der Waals surface area contributed by atoms with Crippen molar-refractivity contribution in [2.75, 3.05) is 44.8 Å². The van der Waals surface area contributed by atoms with E-state index in [-0.39, 0.29) is 98.9 Å². The monoisotopic (exact) mass is 2080 g/mol. The zero-order valence-electron chi connectivity index (χ0n) is 84.9. The van der Waals surface area contributed by atoms with E-state index in [0.717, 1.165) is 47.1 Å². The first kappa shape index (κ1) is 120. The SMILES string of the molecule is Cc1cccc(C[C@@H]2NC(=O)[C@H](CC(=O)O)NC(=O)[C@H](Cc3ccc(OCC(=O)O)cc3)NC(=O)[C@H](CC(C)C)NC(=O)CSC[C@@H](C(=O)N[C@@H](CCN)C(N)=O)NC(=O)[C@H](CCCN)NC(=O)[C@H](C(C)C)NC(=O)[C@H](CC3CCCCC3)NC(=O)[C@H](CCN)NC(=O)[C@@H](CC(C)C)NC(=O)[C@H](C)N(C)C(=O)[C@H](CCC(N)=O)NC(=O)[C@H](Cc3ccc(-c4ccccc4)cc3)NC(=O)[C@H](Cc3ccc(C(=O)O)cc3)NC2=O)c1. The van der Waals surface area contributed by atoms with Crippen LogP contribution in [0, 0.1) is 30.6 Å². The van der Waals surface area contributed by atoms with Gasteiger partial charge in [0.25, 0.3) is 0 Å². The molecule has 5 aromatic carbocycles. The minimum atomic E-state index is -2.15. The lowest BCUT2D eigenvalue weighted by atomic mass is 9.84. The number of benzene rings is 5. The summed E-state index contributed by atoms with van der Waals surface area (Å²) < 4.78 is 5.33. The lowest BCUT2D eigenvalue weighted by Crippen LogP contribution is -2.62. The fourth-order valence-corrected chi connectivity index (χ4v) is 17.8. The van der Waals surface area contributed by atoms with Gasteiger partial charge in [0.1, 0.15) is 96.4 Å². The second kappa shape index (κ2) is 60.6. The molecule has 1 saturated heterocycles. The van der Waals surface area contributed by atoms with Crippen molar-refractivity contribution < 1.29 is 116 Å². The van der Waals surface area contributed by atoms with E-state index >= 15 is 38.4 Å². The van der Waals surface area contributed by atoms with Crippen molar-refractivity contribution in [3.8, 4) is 16.9 Å². The summed E-state index contributed by atoms with van der Waals surface area (Å²) in [4.78, 5) is 290. The van der Waals surface area contributed by atoms with E-state index in [1.54, 1.807) is 97.0 Å². The Balaban J connectivity index is 1.38. The second-order valence-corrected chi connectivity index (χ2v) is 39.5. The van der Waals surface area contributed by atoms with E-state index in [1.165, 1.54) is 62.5 Å². The summed E-state index contributed by atoms with van der Waals surface area (Å²) in [5, 5.41) is 67.0. The van der Waals surface area contributed by atoms with Crippen LogP contribution in [0.3, 0.4) is 0 Å². The number of primary amides is 2. The highest BCUT2D eigenvalue weighted by atomic mass is 32.2. The molecule has 15 atom stereocenters. The number of nitrogens with zero attached hydrogens (tertiary/aromatic N) is 1. The molecule has 148 heavy (non-hydrogen) atoms. The molecule has 2 aliphatic rings. The molecule has 0 bridgehead atoms. The van der Waals surface area contributed by atoms with Crippen LogP contribution in [0.15, 0.2) is 127 Å². The molecule has 44 nitrogen and oxygen atoms in total. The van der Waals surface area contributed by atoms with Gasteiger partial charge in [-0.2, -0.15) is 0 Å². The molecule has 0 aromatic heterocycles. The van der Waals surface area contributed by atoms with Gasteiger partial charge in [0.05, 0.1) is 17.7 Å². The number of likely N-dealkylation sites (N-methyl/N-ethyl adjacent to an activating group) is 1. The summed E-state index contributed by atoms with van der Waals surface area (Å²) in [6.07, 6.45) is -1.05. The smallest absolute Gasteiger partial charge is 0.341 e. The standard InChI is InChI=1S/C103H144N20O24S/c1-56(2)44-74-92(134)116-78(50-64-29-35-69(36-30-64)147-53-86(128)129)96(138)120-81(52-85(126)127)98(140)119-80(51-65-21-16-18-59(7)46-65)97(139)118-77(49-63-27-33-68(34-28-63)103(145)146)95(137)117-76(48-62-25-31-67(32-26-62)66-22-14-11-15-23-66)94(136)113-73(37-38-83(107)124)102(144)123(9)60(8)89(131)114-75(45-57(3)4)93(135)111-72(40-43-106)91(133)115-79(47-61-19-12-10-13-20-61)99(141)122-87(58(5)6)101(143)112-71(24-17-41-104)90(132)121-82(54-148-55-84(125)109-74)100(142)110-70(39-42-105)88(108)130/h11,14-16,18,21-23,25-36,46,56-58,60-61,70-82,87H,10,12-13,17,19-20,24,37-45,47-55,104-106H2,1-9H3,(H2,107,124)(H2,108,130)(H,109,125)(H,110,142)(H,111,135)(H,112,143)(H,113,136)(H,114,131)(H,115,133)(H,116,134)(H,117,137)(H,118,139)(H,119,140)(H,120,138)(H,121,132)(H,122,141)(H,126,127)(H,128,129)(H,145,146)/t60-,70-,71-,72-,73-,74-,75+,76-,77-,78-,79-,80-,81-,82-,87-/m0/s1. The van der Waals surface area contributed by atoms with Gasteiger partial charge in [-0.1, -0.05) is 182 Å². The average Bonchev–Trinajstić information content (AvgIpc) is 0.832. The number of nitrogens with two attached hydrogens (primary N) is 5. The van der Waals surface area contributed by atoms with Gasteiger partial charge in [0.15, 0.2) is 6.61 Å². The third-order valence-corrected chi connectivity index (χ3v) is 26.1. The van der Waals surface area contributed by atoms with Crippen molar-refractivity contribution in [3.63, 3.8) is 0 Å². The van der Waals surface area contributed by atoms with E-state index in [9.17, 15) is 72.9 Å². The van der Waals surface area contributed by atoms with Gasteiger partial charge in [-0.25, -0.2) is 9.59 Å². The van der Waals surface area contributed by atoms with Crippen molar-refractivity contribution in [1.29, 1.82) is 0 Å². The minimum absolute atomic E-state index is 0.0282. The van der Waals surface area contributed by atoms with Crippen molar-refractivity contribution >= 4 is 130 Å². The van der Waals surface area contributed by atoms with Gasteiger partial charge in [-0.15, -0.1) is 11.8 Å². The van der Waals surface area contributed by atoms with Crippen LogP contribution in [-0.4, -0.2) is 274 Å². The molecule has 1 aliphatic heterocycles. The largest absolute Gasteiger partial charge is 0.482 e. The maximum absolute atomic E-state index is 15.8. The topological polar surface area (TPSA) is 713 Å². The molecule has 0 radical (unpaired) electrons. The zero-order valence-corrected chi connectivity index (χ0v) is 85.7. The molecule has 17 amide bonds. The maximum Gasteiger partial charge on any atom is 0.341 e. The first-order valence-corrected chi connectivity index (χ1v) is 50.8. The number of carbonyl (C=O) groups is 20. The van der Waals surface area contributed by atoms with E-state index in [4.69, 9.17) is 33.4 Å². The van der Waals surface area contributed by atoms with Gasteiger partial charge in [-0.05, 0) is 166 Å². The number of carboxylic acids is 3. The van der Waals surface area contributed by atoms with Gasteiger partial charge >= 0.3 is 17.9 Å². The Hall–Kier alpha value is -14.5. The lowest BCUT2D eigenvalue weighted by molar-refractivity contribution is -0.143. The van der Waals surface area contributed by atoms with Gasteiger partial charge < -0.3 is 128 Å². The van der Waals surface area contributed by atoms with Crippen molar-refractivity contribution in [2.45, 2.75) is 268 Å². The number of hydrogen-bond acceptors (Lipinski definition) is 25. The number of rotatable bonds is 35. The summed E-state index contributed by atoms with van der Waals surface area (Å²) >= 11 is 0.740. The van der Waals surface area contributed by atoms with Crippen LogP contribution >= 0.6 is 11.8 Å². The highest BCUT2D eigenvalue weighted by Gasteiger charge is 2.42. The Kier molecular flexibility index (Phi) is 49.3. The van der Waals surface area contributed by atoms with Crippen LogP contribution in [0.25, 0.3) is 11.1 Å². The Bertz CT molecular complexity index is 5400. The molecule has 7 rings (SSSR count). The minimum Gasteiger partial charge on any atom is -0.482 e. The number of thioether (sulfide) groups is 1. The highest BCUT2D eigenvalue weighted by Crippen LogP contribution is 2.29. The molecule has 0 spiro atoms. The molecule has 806 valence electrons. The Labute approximate surface area is 863 Å². The number of aryl methyl sites for hydroxylation is 1. The molecule has 1 aliphatic carbocycles. The molecular formula is C103H144N20O24S. The van der Waals surface area contributed by atoms with E-state index in [0.29, 0.717) is 29.5 Å². The number of amides is 17. The molecule has 27 N–H and O–H groups in total. The fourth-order valence-electron chi connectivity index (χ4n) is 16.9.